The molecule has 1 N–H and O–H groups in total. The smallest absolute Gasteiger partial charge is 0.253 e. The van der Waals surface area contributed by atoms with Gasteiger partial charge in [-0.3, -0.25) is 14.4 Å². The SMILES string of the molecule is C=CCN(Cc1ccccc1)C(=O)[C@@H]1[C@H]2C(=O)N(CCCCO)C(C(=O)N(CC=C)c3ccc(OC)cc3)C23CC[C@@]1(CC)O3. The van der Waals surface area contributed by atoms with E-state index in [1.54, 1.807) is 46.1 Å². The Morgan fingerprint density at radius 2 is 1.76 bits per heavy atom. The Morgan fingerprint density at radius 3 is 2.38 bits per heavy atom. The number of aliphatic hydroxyl groups is 1. The van der Waals surface area contributed by atoms with Crippen LogP contribution in [0.3, 0.4) is 0 Å². The molecule has 2 aromatic carbocycles. The predicted molar refractivity (Wildman–Crippen MR) is 172 cm³/mol. The molecule has 0 saturated carbocycles. The minimum atomic E-state index is -1.15. The fourth-order valence-electron chi connectivity index (χ4n) is 7.76. The third-order valence-corrected chi connectivity index (χ3v) is 9.83. The molecule has 45 heavy (non-hydrogen) atoms. The number of aliphatic hydroxyl groups excluding tert-OH is 1. The van der Waals surface area contributed by atoms with Crippen LogP contribution in [-0.2, 0) is 25.7 Å². The van der Waals surface area contributed by atoms with Crippen LogP contribution in [0, 0.1) is 11.8 Å². The van der Waals surface area contributed by atoms with Crippen molar-refractivity contribution in [2.45, 2.75) is 62.8 Å². The molecule has 3 saturated heterocycles. The van der Waals surface area contributed by atoms with Gasteiger partial charge in [0.1, 0.15) is 17.4 Å². The number of anilines is 1. The van der Waals surface area contributed by atoms with E-state index in [1.807, 2.05) is 49.4 Å². The second kappa shape index (κ2) is 13.6. The number of carbonyl (C=O) groups excluding carboxylic acids is 3. The quantitative estimate of drug-likeness (QED) is 0.236. The maximum atomic E-state index is 14.8. The summed E-state index contributed by atoms with van der Waals surface area (Å²) < 4.78 is 12.3. The molecule has 3 heterocycles. The molecule has 1 spiro atoms. The average Bonchev–Trinajstić information content (AvgIpc) is 3.67. The topological polar surface area (TPSA) is 99.6 Å². The van der Waals surface area contributed by atoms with Crippen molar-refractivity contribution in [2.24, 2.45) is 11.8 Å². The molecule has 3 fully saturated rings. The Morgan fingerprint density at radius 1 is 1.04 bits per heavy atom. The molecule has 0 aromatic heterocycles. The molecule has 2 unspecified atom stereocenters. The fraction of sp³-hybridized carbons (Fsp3) is 0.472. The van der Waals surface area contributed by atoms with Crippen LogP contribution in [0.25, 0.3) is 0 Å². The number of fused-ring (bicyclic) bond motifs is 1. The molecule has 5 atom stereocenters. The molecule has 9 nitrogen and oxygen atoms in total. The highest BCUT2D eigenvalue weighted by Crippen LogP contribution is 2.64. The van der Waals surface area contributed by atoms with Crippen LogP contribution in [0.5, 0.6) is 5.75 Å². The molecule has 240 valence electrons. The molecule has 2 aromatic rings. The van der Waals surface area contributed by atoms with Crippen LogP contribution < -0.4 is 9.64 Å². The largest absolute Gasteiger partial charge is 0.497 e. The zero-order valence-electron chi connectivity index (χ0n) is 26.4. The summed E-state index contributed by atoms with van der Waals surface area (Å²) >= 11 is 0. The first-order valence-electron chi connectivity index (χ1n) is 15.9. The van der Waals surface area contributed by atoms with Gasteiger partial charge in [0.15, 0.2) is 0 Å². The van der Waals surface area contributed by atoms with Crippen molar-refractivity contribution in [1.82, 2.24) is 9.80 Å². The van der Waals surface area contributed by atoms with Crippen molar-refractivity contribution in [1.29, 1.82) is 0 Å². The van der Waals surface area contributed by atoms with Gasteiger partial charge in [0.2, 0.25) is 11.8 Å². The molecule has 0 radical (unpaired) electrons. The Labute approximate surface area is 266 Å². The summed E-state index contributed by atoms with van der Waals surface area (Å²) in [5.41, 5.74) is -0.379. The van der Waals surface area contributed by atoms with E-state index in [0.717, 1.165) is 5.56 Å². The molecule has 3 amide bonds. The lowest BCUT2D eigenvalue weighted by molar-refractivity contribution is -0.151. The number of ether oxygens (including phenoxy) is 2. The van der Waals surface area contributed by atoms with E-state index in [9.17, 15) is 19.5 Å². The Kier molecular flexibility index (Phi) is 9.79. The van der Waals surface area contributed by atoms with Gasteiger partial charge in [-0.2, -0.15) is 0 Å². The number of methoxy groups -OCH3 is 1. The summed E-state index contributed by atoms with van der Waals surface area (Å²) in [5.74, 6) is -1.53. The fourth-order valence-corrected chi connectivity index (χ4v) is 7.76. The molecule has 3 aliphatic heterocycles. The first kappa shape index (κ1) is 32.4. The van der Waals surface area contributed by atoms with Gasteiger partial charge in [0.05, 0.1) is 24.5 Å². The minimum absolute atomic E-state index is 0.0177. The standard InChI is InChI=1S/C36H45N3O6/c1-5-21-37(25-26-13-9-8-10-14-26)32(41)29-30-33(42)39(23-11-12-24-40)31(36(30)20-19-35(29,7-3)45-36)34(43)38(22-6-2)27-15-17-28(44-4)18-16-27/h5-6,8-10,13-18,29-31,40H,1-2,7,11-12,19-25H2,3-4H3/t29-,30-,31?,35+,36?/m0/s1. The van der Waals surface area contributed by atoms with Gasteiger partial charge in [-0.25, -0.2) is 0 Å². The third-order valence-electron chi connectivity index (χ3n) is 9.83. The zero-order chi connectivity index (χ0) is 32.2. The number of nitrogens with zero attached hydrogens (tertiary/aromatic N) is 3. The van der Waals surface area contributed by atoms with Crippen molar-refractivity contribution in [3.8, 4) is 5.75 Å². The first-order valence-corrected chi connectivity index (χ1v) is 15.9. The second-order valence-corrected chi connectivity index (χ2v) is 12.2. The van der Waals surface area contributed by atoms with Crippen molar-refractivity contribution in [3.05, 3.63) is 85.5 Å². The monoisotopic (exact) mass is 615 g/mol. The predicted octanol–water partition coefficient (Wildman–Crippen LogP) is 4.36. The highest BCUT2D eigenvalue weighted by atomic mass is 16.5. The van der Waals surface area contributed by atoms with Gasteiger partial charge in [0, 0.05) is 38.5 Å². The minimum Gasteiger partial charge on any atom is -0.497 e. The molecule has 5 rings (SSSR count). The first-order chi connectivity index (χ1) is 21.8. The highest BCUT2D eigenvalue weighted by Gasteiger charge is 2.79. The molecule has 9 heteroatoms. The molecule has 3 aliphatic rings. The van der Waals surface area contributed by atoms with Gasteiger partial charge in [0.25, 0.3) is 5.91 Å². The number of hydrogen-bond donors (Lipinski definition) is 1. The number of benzene rings is 2. The second-order valence-electron chi connectivity index (χ2n) is 12.2. The average molecular weight is 616 g/mol. The van der Waals surface area contributed by atoms with E-state index < -0.39 is 29.1 Å². The van der Waals surface area contributed by atoms with Gasteiger partial charge >= 0.3 is 0 Å². The Hall–Kier alpha value is -3.95. The van der Waals surface area contributed by atoms with Crippen molar-refractivity contribution in [2.75, 3.05) is 38.3 Å². The van der Waals surface area contributed by atoms with E-state index in [0.29, 0.717) is 56.6 Å². The van der Waals surface area contributed by atoms with Crippen molar-refractivity contribution in [3.63, 3.8) is 0 Å². The summed E-state index contributed by atoms with van der Waals surface area (Å²) in [6, 6.07) is 16.0. The van der Waals surface area contributed by atoms with Crippen LogP contribution in [-0.4, -0.2) is 83.2 Å². The summed E-state index contributed by atoms with van der Waals surface area (Å²) in [5, 5.41) is 9.53. The lowest BCUT2D eigenvalue weighted by atomic mass is 9.64. The Balaban J connectivity index is 1.56. The number of hydrogen-bond acceptors (Lipinski definition) is 6. The zero-order valence-corrected chi connectivity index (χ0v) is 26.4. The van der Waals surface area contributed by atoms with Crippen LogP contribution >= 0.6 is 0 Å². The third kappa shape index (κ3) is 5.68. The van der Waals surface area contributed by atoms with E-state index in [1.165, 1.54) is 0 Å². The molecular weight excluding hydrogens is 570 g/mol. The van der Waals surface area contributed by atoms with E-state index in [-0.39, 0.29) is 37.4 Å². The van der Waals surface area contributed by atoms with Crippen LogP contribution in [0.4, 0.5) is 5.69 Å². The van der Waals surface area contributed by atoms with Crippen LogP contribution in [0.2, 0.25) is 0 Å². The van der Waals surface area contributed by atoms with Crippen LogP contribution in [0.1, 0.15) is 44.6 Å². The lowest BCUT2D eigenvalue weighted by Crippen LogP contribution is -2.56. The summed E-state index contributed by atoms with van der Waals surface area (Å²) in [6.07, 6.45) is 6.00. The number of rotatable bonds is 15. The van der Waals surface area contributed by atoms with Gasteiger partial charge < -0.3 is 29.3 Å². The normalized spacial score (nSPS) is 26.4. The maximum Gasteiger partial charge on any atom is 0.253 e. The number of unbranched alkanes of at least 4 members (excludes halogenated alkanes) is 1. The van der Waals surface area contributed by atoms with Crippen molar-refractivity contribution >= 4 is 23.4 Å². The van der Waals surface area contributed by atoms with E-state index in [4.69, 9.17) is 9.47 Å². The summed E-state index contributed by atoms with van der Waals surface area (Å²) in [4.78, 5) is 49.0. The Bertz CT molecular complexity index is 1400. The maximum absolute atomic E-state index is 14.8. The van der Waals surface area contributed by atoms with E-state index in [2.05, 4.69) is 13.2 Å². The lowest BCUT2D eigenvalue weighted by Gasteiger charge is -2.37. The molecule has 0 aliphatic carbocycles. The van der Waals surface area contributed by atoms with Crippen LogP contribution in [0.15, 0.2) is 79.9 Å². The van der Waals surface area contributed by atoms with E-state index >= 15 is 0 Å². The summed E-state index contributed by atoms with van der Waals surface area (Å²) in [7, 11) is 1.58. The van der Waals surface area contributed by atoms with Gasteiger partial charge in [-0.1, -0.05) is 49.4 Å². The number of likely N-dealkylation sites (tertiary alicyclic amines) is 1. The summed E-state index contributed by atoms with van der Waals surface area (Å²) in [6.45, 7) is 11.0. The van der Waals surface area contributed by atoms with Crippen molar-refractivity contribution < 1.29 is 29.0 Å². The van der Waals surface area contributed by atoms with Gasteiger partial charge in [-0.05, 0) is 61.9 Å². The molecule has 2 bridgehead atoms. The number of amides is 3. The molecular formula is C36H45N3O6. The number of carbonyl (C=O) groups is 3. The van der Waals surface area contributed by atoms with Gasteiger partial charge in [-0.15, -0.1) is 13.2 Å². The highest BCUT2D eigenvalue weighted by molar-refractivity contribution is 6.05.